The van der Waals surface area contributed by atoms with Crippen molar-refractivity contribution in [2.45, 2.75) is 26.8 Å². The van der Waals surface area contributed by atoms with E-state index in [-0.39, 0.29) is 12.0 Å². The van der Waals surface area contributed by atoms with Crippen LogP contribution in [0.1, 0.15) is 41.6 Å². The maximum atomic E-state index is 12.0. The number of nitrogens with zero attached hydrogens (tertiary/aromatic N) is 3. The third-order valence-corrected chi connectivity index (χ3v) is 2.98. The van der Waals surface area contributed by atoms with Crippen molar-refractivity contribution < 1.29 is 9.53 Å². The molecule has 2 rings (SSSR count). The molecule has 0 bridgehead atoms. The van der Waals surface area contributed by atoms with Gasteiger partial charge in [-0.1, -0.05) is 35.5 Å². The number of benzene rings is 1. The molecule has 100 valence electrons. The van der Waals surface area contributed by atoms with Crippen LogP contribution in [0.25, 0.3) is 0 Å². The van der Waals surface area contributed by atoms with Crippen molar-refractivity contribution >= 4 is 5.97 Å². The van der Waals surface area contributed by atoms with Gasteiger partial charge in [0.15, 0.2) is 5.69 Å². The highest BCUT2D eigenvalue weighted by Gasteiger charge is 2.22. The molecule has 0 radical (unpaired) electrons. The summed E-state index contributed by atoms with van der Waals surface area (Å²) in [6.45, 7) is 5.85. The van der Waals surface area contributed by atoms with Crippen LogP contribution in [0.4, 0.5) is 0 Å². The van der Waals surface area contributed by atoms with Crippen molar-refractivity contribution in [1.29, 1.82) is 0 Å². The van der Waals surface area contributed by atoms with Gasteiger partial charge in [0.2, 0.25) is 0 Å². The first-order chi connectivity index (χ1) is 9.15. The number of hydrogen-bond donors (Lipinski definition) is 0. The molecule has 0 spiro atoms. The number of hydrogen-bond acceptors (Lipinski definition) is 4. The minimum absolute atomic E-state index is 0.0678. The van der Waals surface area contributed by atoms with Crippen LogP contribution in [-0.4, -0.2) is 27.6 Å². The topological polar surface area (TPSA) is 57.0 Å². The van der Waals surface area contributed by atoms with E-state index in [4.69, 9.17) is 4.74 Å². The second-order valence-electron chi connectivity index (χ2n) is 4.28. The summed E-state index contributed by atoms with van der Waals surface area (Å²) in [7, 11) is 0. The van der Waals surface area contributed by atoms with Crippen molar-refractivity contribution in [1.82, 2.24) is 15.0 Å². The lowest BCUT2D eigenvalue weighted by atomic mass is 10.1. The number of carbonyl (C=O) groups is 1. The van der Waals surface area contributed by atoms with Crippen LogP contribution in [0.15, 0.2) is 30.3 Å². The van der Waals surface area contributed by atoms with Gasteiger partial charge in [0.1, 0.15) is 0 Å². The third-order valence-electron chi connectivity index (χ3n) is 2.98. The molecule has 0 N–H and O–H groups in total. The second-order valence-corrected chi connectivity index (χ2v) is 4.28. The predicted octanol–water partition coefficient (Wildman–Crippen LogP) is 2.37. The normalized spacial score (nSPS) is 12.2. The van der Waals surface area contributed by atoms with Crippen LogP contribution in [0, 0.1) is 6.92 Å². The summed E-state index contributed by atoms with van der Waals surface area (Å²) in [5, 5.41) is 8.04. The Bertz CT molecular complexity index is 563. The highest BCUT2D eigenvalue weighted by atomic mass is 16.5. The Balaban J connectivity index is 2.38. The molecule has 2 aromatic rings. The SMILES string of the molecule is CCOC(=O)c1c(C)nnn1C(C)c1ccccc1. The summed E-state index contributed by atoms with van der Waals surface area (Å²) in [6.07, 6.45) is 0. The molecule has 1 unspecified atom stereocenters. The number of aryl methyl sites for hydroxylation is 1. The van der Waals surface area contributed by atoms with Crippen molar-refractivity contribution in [3.63, 3.8) is 0 Å². The molecule has 19 heavy (non-hydrogen) atoms. The summed E-state index contributed by atoms with van der Waals surface area (Å²) in [5.41, 5.74) is 2.07. The fraction of sp³-hybridized carbons (Fsp3) is 0.357. The number of aromatic nitrogens is 3. The summed E-state index contributed by atoms with van der Waals surface area (Å²) < 4.78 is 6.67. The zero-order valence-corrected chi connectivity index (χ0v) is 11.3. The van der Waals surface area contributed by atoms with E-state index in [1.165, 1.54) is 0 Å². The molecule has 0 amide bonds. The fourth-order valence-electron chi connectivity index (χ4n) is 1.96. The molecule has 1 aromatic carbocycles. The van der Waals surface area contributed by atoms with Gasteiger partial charge in [-0.3, -0.25) is 0 Å². The van der Waals surface area contributed by atoms with Gasteiger partial charge in [-0.15, -0.1) is 5.10 Å². The van der Waals surface area contributed by atoms with E-state index in [9.17, 15) is 4.79 Å². The molecule has 0 aliphatic heterocycles. The lowest BCUT2D eigenvalue weighted by molar-refractivity contribution is 0.0509. The van der Waals surface area contributed by atoms with E-state index in [1.807, 2.05) is 37.3 Å². The van der Waals surface area contributed by atoms with Gasteiger partial charge in [0.05, 0.1) is 18.3 Å². The average molecular weight is 259 g/mol. The molecule has 1 heterocycles. The molecule has 0 saturated carbocycles. The van der Waals surface area contributed by atoms with Gasteiger partial charge in [0.25, 0.3) is 0 Å². The Hall–Kier alpha value is -2.17. The van der Waals surface area contributed by atoms with E-state index in [1.54, 1.807) is 18.5 Å². The quantitative estimate of drug-likeness (QED) is 0.791. The summed E-state index contributed by atoms with van der Waals surface area (Å²) in [5.74, 6) is -0.382. The molecule has 0 saturated heterocycles. The highest BCUT2D eigenvalue weighted by Crippen LogP contribution is 2.20. The molecule has 0 fully saturated rings. The maximum Gasteiger partial charge on any atom is 0.358 e. The smallest absolute Gasteiger partial charge is 0.358 e. The van der Waals surface area contributed by atoms with Gasteiger partial charge in [-0.2, -0.15) is 0 Å². The van der Waals surface area contributed by atoms with Gasteiger partial charge in [-0.05, 0) is 26.3 Å². The van der Waals surface area contributed by atoms with Crippen LogP contribution in [0.5, 0.6) is 0 Å². The monoisotopic (exact) mass is 259 g/mol. The maximum absolute atomic E-state index is 12.0. The molecular weight excluding hydrogens is 242 g/mol. The van der Waals surface area contributed by atoms with Crippen LogP contribution < -0.4 is 0 Å². The largest absolute Gasteiger partial charge is 0.461 e. The van der Waals surface area contributed by atoms with Gasteiger partial charge >= 0.3 is 5.97 Å². The first kappa shape index (κ1) is 13.3. The predicted molar refractivity (Wildman–Crippen MR) is 71.0 cm³/mol. The molecule has 0 aliphatic carbocycles. The minimum atomic E-state index is -0.382. The zero-order chi connectivity index (χ0) is 13.8. The summed E-state index contributed by atoms with van der Waals surface area (Å²) in [4.78, 5) is 12.0. The molecule has 1 aromatic heterocycles. The lowest BCUT2D eigenvalue weighted by Gasteiger charge is -2.14. The van der Waals surface area contributed by atoms with Crippen molar-refractivity contribution in [2.24, 2.45) is 0 Å². The molecule has 0 aliphatic rings. The van der Waals surface area contributed by atoms with Crippen LogP contribution in [0.2, 0.25) is 0 Å². The van der Waals surface area contributed by atoms with Crippen LogP contribution >= 0.6 is 0 Å². The molecule has 1 atom stereocenters. The Kier molecular flexibility index (Phi) is 3.94. The Morgan fingerprint density at radius 3 is 2.68 bits per heavy atom. The van der Waals surface area contributed by atoms with Crippen molar-refractivity contribution in [2.75, 3.05) is 6.61 Å². The molecule has 5 heteroatoms. The van der Waals surface area contributed by atoms with Crippen molar-refractivity contribution in [3.8, 4) is 0 Å². The van der Waals surface area contributed by atoms with Crippen LogP contribution in [0.3, 0.4) is 0 Å². The van der Waals surface area contributed by atoms with Gasteiger partial charge < -0.3 is 4.74 Å². The second kappa shape index (κ2) is 5.65. The number of esters is 1. The van der Waals surface area contributed by atoms with Crippen molar-refractivity contribution in [3.05, 3.63) is 47.3 Å². The standard InChI is InChI=1S/C14H17N3O2/c1-4-19-14(18)13-10(2)15-16-17(13)11(3)12-8-6-5-7-9-12/h5-9,11H,4H2,1-3H3. The highest BCUT2D eigenvalue weighted by molar-refractivity contribution is 5.88. The third kappa shape index (κ3) is 2.65. The minimum Gasteiger partial charge on any atom is -0.461 e. The van der Waals surface area contributed by atoms with E-state index < -0.39 is 0 Å². The summed E-state index contributed by atoms with van der Waals surface area (Å²) >= 11 is 0. The van der Waals surface area contributed by atoms with Gasteiger partial charge in [0, 0.05) is 0 Å². The zero-order valence-electron chi connectivity index (χ0n) is 11.3. The first-order valence-corrected chi connectivity index (χ1v) is 6.29. The number of ether oxygens (including phenoxy) is 1. The molecular formula is C14H17N3O2. The number of rotatable bonds is 4. The summed E-state index contributed by atoms with van der Waals surface area (Å²) in [6, 6.07) is 9.79. The fourth-order valence-corrected chi connectivity index (χ4v) is 1.96. The van der Waals surface area contributed by atoms with E-state index in [0.717, 1.165) is 5.56 Å². The Morgan fingerprint density at radius 1 is 1.37 bits per heavy atom. The van der Waals surface area contributed by atoms with E-state index >= 15 is 0 Å². The number of carbonyl (C=O) groups excluding carboxylic acids is 1. The van der Waals surface area contributed by atoms with Crippen LogP contribution in [-0.2, 0) is 4.74 Å². The van der Waals surface area contributed by atoms with E-state index in [0.29, 0.717) is 18.0 Å². The Labute approximate surface area is 112 Å². The lowest BCUT2D eigenvalue weighted by Crippen LogP contribution is -2.18. The first-order valence-electron chi connectivity index (χ1n) is 6.29. The Morgan fingerprint density at radius 2 is 2.05 bits per heavy atom. The molecule has 5 nitrogen and oxygen atoms in total. The van der Waals surface area contributed by atoms with E-state index in [2.05, 4.69) is 10.3 Å². The average Bonchev–Trinajstić information content (AvgIpc) is 2.81. The van der Waals surface area contributed by atoms with Gasteiger partial charge in [-0.25, -0.2) is 9.48 Å².